The molecule has 5 aromatic carbocycles. The van der Waals surface area contributed by atoms with Gasteiger partial charge in [0.1, 0.15) is 11.2 Å². The van der Waals surface area contributed by atoms with Gasteiger partial charge in [0.05, 0.1) is 0 Å². The summed E-state index contributed by atoms with van der Waals surface area (Å²) in [6.07, 6.45) is 25.7. The minimum atomic E-state index is 0. The van der Waals surface area contributed by atoms with Gasteiger partial charge in [0.15, 0.2) is 0 Å². The smallest absolute Gasteiger partial charge is 0.456 e. The van der Waals surface area contributed by atoms with Crippen LogP contribution < -0.4 is 0 Å². The normalized spacial score (nSPS) is 10.2. The maximum absolute atomic E-state index is 5.65. The average molecular weight is 2260 g/mol. The summed E-state index contributed by atoms with van der Waals surface area (Å²) in [7, 11) is 0. The molecule has 1 aromatic heterocycles. The predicted octanol–water partition coefficient (Wildman–Crippen LogP) is 32.3. The average Bonchev–Trinajstić information content (AvgIpc) is 3.87. The molecule has 0 saturated carbocycles. The Bertz CT molecular complexity index is 1850. The third-order valence-corrected chi connectivity index (χ3v) is 11.5. The van der Waals surface area contributed by atoms with Gasteiger partial charge in [-0.05, 0) is 45.8 Å². The molecule has 0 N–H and O–H groups in total. The fourth-order valence-corrected chi connectivity index (χ4v) is 7.88. The van der Waals surface area contributed by atoms with Crippen molar-refractivity contribution in [2.45, 2.75) is 305 Å². The summed E-state index contributed by atoms with van der Waals surface area (Å²) >= 11 is 0. The number of benzene rings is 5. The van der Waals surface area contributed by atoms with Crippen molar-refractivity contribution in [3.05, 3.63) is 148 Å². The van der Waals surface area contributed by atoms with Crippen molar-refractivity contribution in [3.63, 3.8) is 0 Å². The molecular formula is C84H164OY12. The van der Waals surface area contributed by atoms with E-state index in [0.717, 1.165) is 58.5 Å². The van der Waals surface area contributed by atoms with Crippen molar-refractivity contribution >= 4 is 43.5 Å². The Kier molecular flexibility index (Phi) is 260. The van der Waals surface area contributed by atoms with Crippen molar-refractivity contribution in [3.8, 4) is 0 Å². The van der Waals surface area contributed by atoms with Crippen LogP contribution in [0.15, 0.2) is 114 Å². The number of para-hydroxylation sites is 2. The standard InChI is InChI=1S/2C15H29.C14H10.C12H8O.5C3H8.2C2H6.9CH4.12Y/c2*1-7-12(3)9-14(5)11-15(6)10-13(4)8-2;1-2-6-12-10-14-8-4-3-7-13(14)9-11(12)5-1;1-3-7-11-9(5-1)10-6-2-4-8-12(10)13-11;5*1-3-2;2*1-2;;;;;;;;;;;;;;;;;;;;;/h2*7-8,11-15H,9-10H2,1-6H3;1-10H;1-8H;5*3H2,1-2H3;2*1-2H3;9*1H4;;;;;;;;;;;;/q2*-3;;;;;;;;;;;;;;;;;;;;;;;;;;;;;2*+3/t2*12-,13+,14-,15+;;;;;;;;;;;;;;;;;;;;;;;;;;;;;;. The molecule has 0 unspecified atom stereocenters. The van der Waals surface area contributed by atoms with Crippen LogP contribution in [0.1, 0.15) is 305 Å². The molecule has 8 atom stereocenters. The summed E-state index contributed by atoms with van der Waals surface area (Å²) in [4.78, 5) is 0. The van der Waals surface area contributed by atoms with Crippen molar-refractivity contribution in [1.82, 2.24) is 0 Å². The van der Waals surface area contributed by atoms with Gasteiger partial charge in [0.25, 0.3) is 0 Å². The van der Waals surface area contributed by atoms with Crippen LogP contribution in [0.5, 0.6) is 0 Å². The van der Waals surface area contributed by atoms with E-state index in [1.807, 2.05) is 64.1 Å². The van der Waals surface area contributed by atoms with Crippen LogP contribution in [0, 0.1) is 85.9 Å². The molecule has 0 bridgehead atoms. The van der Waals surface area contributed by atoms with Crippen LogP contribution in [0.2, 0.25) is 0 Å². The first-order chi connectivity index (χ1) is 36.4. The van der Waals surface area contributed by atoms with E-state index >= 15 is 0 Å². The Balaban J connectivity index is -0.0000000249. The van der Waals surface area contributed by atoms with Gasteiger partial charge < -0.3 is 42.9 Å². The van der Waals surface area contributed by atoms with E-state index in [-0.39, 0.29) is 459 Å². The SMILES string of the molecule is C.C.C.C.C.C.C.C.C.CC.CC.CCC.CCC.CCC.CCC.CCC.C[CH-][C@@H](C)C[C@@H](C)[CH-][C@@H](C)C[C@@H](C)[CH-]C.C[CH-][C@@H](C)C[C@@H](C)[CH-][C@@H](C)C[C@@H](C)[CH-]C.[Y+3].[Y+3].[Y].[Y].[Y].[Y].[Y].[Y].[Y].[Y].[Y].[Y].c1ccc2c(c1)oc1ccccc12.c1ccc2cc3ccccc3cc2c1. The van der Waals surface area contributed by atoms with Crippen molar-refractivity contribution in [1.29, 1.82) is 0 Å². The second kappa shape index (κ2) is 138. The third kappa shape index (κ3) is 110. The van der Waals surface area contributed by atoms with Crippen LogP contribution in [-0.4, -0.2) is 0 Å². The predicted molar refractivity (Wildman–Crippen MR) is 419 cm³/mol. The molecule has 0 aliphatic heterocycles. The molecule has 0 aliphatic carbocycles. The molecule has 542 valence electrons. The quantitative estimate of drug-likeness (QED) is 0.0695. The Morgan fingerprint density at radius 3 is 0.567 bits per heavy atom. The van der Waals surface area contributed by atoms with E-state index in [1.165, 1.54) is 90.1 Å². The minimum Gasteiger partial charge on any atom is -0.456 e. The molecule has 6 rings (SSSR count). The molecule has 6 aromatic rings. The Hall–Kier alpha value is 9.67. The fourth-order valence-electron chi connectivity index (χ4n) is 7.88. The molecule has 0 spiro atoms. The summed E-state index contributed by atoms with van der Waals surface area (Å²) in [6.45, 7) is 56.5. The van der Waals surface area contributed by atoms with E-state index in [0.29, 0.717) is 0 Å². The number of hydrogen-bond acceptors (Lipinski definition) is 1. The number of fused-ring (bicyclic) bond motifs is 5. The van der Waals surface area contributed by atoms with Gasteiger partial charge in [-0.2, -0.15) is 75.0 Å². The maximum atomic E-state index is 5.65. The molecule has 1 nitrogen and oxygen atoms in total. The van der Waals surface area contributed by atoms with Crippen LogP contribution in [0.25, 0.3) is 43.5 Å². The maximum Gasteiger partial charge on any atom is 3.00 e. The van der Waals surface area contributed by atoms with Gasteiger partial charge in [-0.25, -0.2) is 0 Å². The molecule has 1 heterocycles. The molecule has 10 radical (unpaired) electrons. The van der Waals surface area contributed by atoms with Crippen LogP contribution in [0.4, 0.5) is 0 Å². The van der Waals surface area contributed by atoms with Crippen LogP contribution in [-0.2, 0) is 393 Å². The Morgan fingerprint density at radius 1 is 0.268 bits per heavy atom. The molecule has 0 aliphatic rings. The Morgan fingerprint density at radius 2 is 0.412 bits per heavy atom. The Labute approximate surface area is 921 Å². The number of hydrogen-bond donors (Lipinski definition) is 0. The van der Waals surface area contributed by atoms with E-state index in [4.69, 9.17) is 4.42 Å². The summed E-state index contributed by atoms with van der Waals surface area (Å²) < 4.78 is 5.65. The summed E-state index contributed by atoms with van der Waals surface area (Å²) in [5.74, 6) is 5.98. The van der Waals surface area contributed by atoms with Crippen LogP contribution in [0.3, 0.4) is 0 Å². The summed E-state index contributed by atoms with van der Waals surface area (Å²) in [6, 6.07) is 37.6. The molecule has 97 heavy (non-hydrogen) atoms. The molecule has 0 fully saturated rings. The van der Waals surface area contributed by atoms with E-state index in [2.05, 4.69) is 264 Å². The first-order valence-corrected chi connectivity index (χ1v) is 31.1. The zero-order chi connectivity index (χ0) is 59.3. The number of furan rings is 1. The second-order valence-electron chi connectivity index (χ2n) is 20.7. The molecule has 0 saturated heterocycles. The minimum absolute atomic E-state index is 0. The molecular weight excluding hydrogens is 2090 g/mol. The van der Waals surface area contributed by atoms with E-state index in [1.54, 1.807) is 0 Å². The second-order valence-corrected chi connectivity index (χ2v) is 20.7. The zero-order valence-electron chi connectivity index (χ0n) is 62.2. The van der Waals surface area contributed by atoms with Gasteiger partial charge in [0, 0.05) is 338 Å². The van der Waals surface area contributed by atoms with Gasteiger partial charge in [-0.3, -0.25) is 0 Å². The van der Waals surface area contributed by atoms with Gasteiger partial charge in [-0.1, -0.05) is 336 Å². The van der Waals surface area contributed by atoms with Crippen molar-refractivity contribution < 1.29 is 397 Å². The molecule has 13 heteroatoms. The largest absolute Gasteiger partial charge is 3.00 e. The first-order valence-electron chi connectivity index (χ1n) is 31.1. The van der Waals surface area contributed by atoms with E-state index < -0.39 is 0 Å². The zero-order valence-corrected chi connectivity index (χ0v) is 96.2. The van der Waals surface area contributed by atoms with E-state index in [9.17, 15) is 0 Å². The van der Waals surface area contributed by atoms with Gasteiger partial charge in [0.2, 0.25) is 0 Å². The summed E-state index contributed by atoms with van der Waals surface area (Å²) in [5.41, 5.74) is 1.92. The summed E-state index contributed by atoms with van der Waals surface area (Å²) in [5, 5.41) is 7.63. The first kappa shape index (κ1) is 183. The van der Waals surface area contributed by atoms with Gasteiger partial charge >= 0.3 is 65.4 Å². The van der Waals surface area contributed by atoms with Crippen molar-refractivity contribution in [2.24, 2.45) is 47.3 Å². The molecule has 0 amide bonds. The monoisotopic (exact) mass is 2260 g/mol. The van der Waals surface area contributed by atoms with Crippen molar-refractivity contribution in [2.75, 3.05) is 0 Å². The van der Waals surface area contributed by atoms with Crippen LogP contribution >= 0.6 is 0 Å². The van der Waals surface area contributed by atoms with Gasteiger partial charge in [-0.15, -0.1) is 25.7 Å². The third-order valence-electron chi connectivity index (χ3n) is 11.5. The topological polar surface area (TPSA) is 13.1 Å². The fraction of sp³-hybridized carbons (Fsp3) is 0.619. The number of rotatable bonds is 16.